The van der Waals surface area contributed by atoms with Gasteiger partial charge in [-0.05, 0) is 66.4 Å². The molecule has 0 amide bonds. The van der Waals surface area contributed by atoms with Gasteiger partial charge in [-0.15, -0.1) is 0 Å². The maximum Gasteiger partial charge on any atom is 0.269 e. The Labute approximate surface area is 183 Å². The highest BCUT2D eigenvalue weighted by molar-refractivity contribution is 7.80. The molecule has 0 spiro atoms. The second-order valence-corrected chi connectivity index (χ2v) is 7.90. The van der Waals surface area contributed by atoms with E-state index < -0.39 is 9.85 Å². The molecule has 31 heavy (non-hydrogen) atoms. The minimum atomic E-state index is -0.433. The quantitative estimate of drug-likeness (QED) is 0.428. The average Bonchev–Trinajstić information content (AvgIpc) is 3.15. The van der Waals surface area contributed by atoms with Crippen LogP contribution < -0.4 is 5.73 Å². The second kappa shape index (κ2) is 8.23. The summed E-state index contributed by atoms with van der Waals surface area (Å²) in [6, 6.07) is 12.5. The van der Waals surface area contributed by atoms with Gasteiger partial charge in [-0.2, -0.15) is 5.10 Å². The van der Waals surface area contributed by atoms with E-state index >= 15 is 0 Å². The largest absolute Gasteiger partial charge is 0.375 e. The minimum Gasteiger partial charge on any atom is -0.375 e. The molecule has 1 aliphatic carbocycles. The number of hydrogen-bond acceptors (Lipinski definition) is 6. The van der Waals surface area contributed by atoms with Crippen LogP contribution in [-0.4, -0.2) is 25.7 Å². The molecule has 2 atom stereocenters. The number of rotatable bonds is 4. The van der Waals surface area contributed by atoms with Crippen LogP contribution in [0.4, 0.5) is 11.4 Å². The van der Waals surface area contributed by atoms with Gasteiger partial charge in [0.15, 0.2) is 5.11 Å². The number of non-ortho nitro benzene ring substituents is 2. The Kier molecular flexibility index (Phi) is 5.47. The molecule has 9 nitrogen and oxygen atoms in total. The zero-order valence-electron chi connectivity index (χ0n) is 16.4. The van der Waals surface area contributed by atoms with Crippen molar-refractivity contribution in [3.63, 3.8) is 0 Å². The molecule has 0 bridgehead atoms. The van der Waals surface area contributed by atoms with E-state index in [9.17, 15) is 20.2 Å². The molecule has 0 saturated heterocycles. The molecule has 1 saturated carbocycles. The maximum atomic E-state index is 11.0. The summed E-state index contributed by atoms with van der Waals surface area (Å²) in [6.45, 7) is 0. The van der Waals surface area contributed by atoms with Crippen molar-refractivity contribution in [2.45, 2.75) is 25.3 Å². The summed E-state index contributed by atoms with van der Waals surface area (Å²) < 4.78 is 0. The molecule has 1 aliphatic heterocycles. The first-order chi connectivity index (χ1) is 14.8. The first kappa shape index (κ1) is 20.6. The first-order valence-corrected chi connectivity index (χ1v) is 10.1. The normalized spacial score (nSPS) is 21.5. The maximum absolute atomic E-state index is 11.0. The average molecular weight is 437 g/mol. The van der Waals surface area contributed by atoms with E-state index in [-0.39, 0.29) is 28.4 Å². The number of nitro groups is 2. The summed E-state index contributed by atoms with van der Waals surface area (Å²) in [5.41, 5.74) is 9.66. The summed E-state index contributed by atoms with van der Waals surface area (Å²) in [6.07, 6.45) is 4.64. The van der Waals surface area contributed by atoms with Crippen LogP contribution >= 0.6 is 12.2 Å². The van der Waals surface area contributed by atoms with Crippen molar-refractivity contribution in [3.05, 3.63) is 85.5 Å². The van der Waals surface area contributed by atoms with Crippen molar-refractivity contribution < 1.29 is 9.85 Å². The third-order valence-electron chi connectivity index (χ3n) is 5.62. The van der Waals surface area contributed by atoms with Gasteiger partial charge in [-0.1, -0.05) is 12.1 Å². The molecule has 0 radical (unpaired) electrons. The number of nitrogens with two attached hydrogens (primary N) is 1. The highest BCUT2D eigenvalue weighted by Crippen LogP contribution is 2.44. The Morgan fingerprint density at radius 2 is 1.65 bits per heavy atom. The smallest absolute Gasteiger partial charge is 0.269 e. The van der Waals surface area contributed by atoms with Gasteiger partial charge in [0.25, 0.3) is 11.4 Å². The molecule has 1 heterocycles. The van der Waals surface area contributed by atoms with Crippen LogP contribution in [0.3, 0.4) is 0 Å². The molecule has 2 aliphatic rings. The van der Waals surface area contributed by atoms with Crippen LogP contribution in [0.15, 0.2) is 59.2 Å². The monoisotopic (exact) mass is 437 g/mol. The Morgan fingerprint density at radius 3 is 2.19 bits per heavy atom. The van der Waals surface area contributed by atoms with Crippen LogP contribution in [0.1, 0.15) is 36.4 Å². The van der Waals surface area contributed by atoms with Gasteiger partial charge in [0.05, 0.1) is 21.6 Å². The van der Waals surface area contributed by atoms with Crippen LogP contribution in [0.5, 0.6) is 0 Å². The lowest BCUT2D eigenvalue weighted by Gasteiger charge is -2.29. The van der Waals surface area contributed by atoms with Gasteiger partial charge in [0.2, 0.25) is 0 Å². The van der Waals surface area contributed by atoms with Gasteiger partial charge in [0.1, 0.15) is 0 Å². The van der Waals surface area contributed by atoms with E-state index in [1.165, 1.54) is 24.3 Å². The van der Waals surface area contributed by atoms with E-state index in [4.69, 9.17) is 23.1 Å². The number of benzene rings is 2. The predicted molar refractivity (Wildman–Crippen MR) is 120 cm³/mol. The molecule has 2 aromatic carbocycles. The third kappa shape index (κ3) is 4.02. The summed E-state index contributed by atoms with van der Waals surface area (Å²) >= 11 is 5.23. The molecule has 158 valence electrons. The zero-order valence-corrected chi connectivity index (χ0v) is 17.2. The topological polar surface area (TPSA) is 128 Å². The lowest BCUT2D eigenvalue weighted by molar-refractivity contribution is -0.385. The summed E-state index contributed by atoms with van der Waals surface area (Å²) in [4.78, 5) is 21.0. The van der Waals surface area contributed by atoms with Crippen LogP contribution in [0, 0.1) is 26.1 Å². The van der Waals surface area contributed by atoms with Crippen molar-refractivity contribution in [1.82, 2.24) is 5.01 Å². The molecule has 1 fully saturated rings. The molecule has 2 N–H and O–H groups in total. The van der Waals surface area contributed by atoms with E-state index in [1.807, 2.05) is 6.08 Å². The van der Waals surface area contributed by atoms with Crippen molar-refractivity contribution in [1.29, 1.82) is 0 Å². The Balaban J connectivity index is 1.68. The Bertz CT molecular complexity index is 1110. The number of nitrogens with zero attached hydrogens (tertiary/aromatic N) is 4. The highest BCUT2D eigenvalue weighted by atomic mass is 32.1. The number of allylic oxidation sites excluding steroid dienone is 1. The number of nitro benzene ring substituents is 2. The molecule has 0 aromatic heterocycles. The summed E-state index contributed by atoms with van der Waals surface area (Å²) in [7, 11) is 0. The van der Waals surface area contributed by atoms with E-state index in [1.54, 1.807) is 29.3 Å². The van der Waals surface area contributed by atoms with E-state index in [2.05, 4.69) is 0 Å². The van der Waals surface area contributed by atoms with Gasteiger partial charge in [0, 0.05) is 30.2 Å². The molecule has 0 unspecified atom stereocenters. The molecule has 10 heteroatoms. The van der Waals surface area contributed by atoms with Gasteiger partial charge >= 0.3 is 0 Å². The van der Waals surface area contributed by atoms with Crippen molar-refractivity contribution >= 4 is 40.5 Å². The fourth-order valence-corrected chi connectivity index (χ4v) is 4.36. The summed E-state index contributed by atoms with van der Waals surface area (Å²) in [5, 5.41) is 28.4. The van der Waals surface area contributed by atoms with E-state index in [0.717, 1.165) is 41.7 Å². The van der Waals surface area contributed by atoms with Gasteiger partial charge < -0.3 is 5.73 Å². The van der Waals surface area contributed by atoms with Crippen LogP contribution in [0.2, 0.25) is 0 Å². The standard InChI is InChI=1S/C21H19N5O4S/c22-21(31)24-20(14-6-10-17(11-7-14)26(29)30)18-3-1-2-15(19(18)23-24)12-13-4-8-16(9-5-13)25(27)28/h4-12,18,20H,1-3H2,(H2,22,31)/b15-12-/t18-,20+/m1/s1. The second-order valence-electron chi connectivity index (χ2n) is 7.48. The molecule has 2 aromatic rings. The SMILES string of the molecule is NC(=S)N1N=C2/C(=C\c3ccc([N+](=O)[O-])cc3)CCC[C@H]2[C@@H]1c1ccc([N+](=O)[O-])cc1. The Hall–Kier alpha value is -3.66. The fourth-order valence-electron chi connectivity index (χ4n) is 4.20. The molecule has 4 rings (SSSR count). The minimum absolute atomic E-state index is 0.0205. The van der Waals surface area contributed by atoms with Crippen molar-refractivity contribution in [2.75, 3.05) is 0 Å². The van der Waals surface area contributed by atoms with Crippen LogP contribution in [0.25, 0.3) is 6.08 Å². The molecular weight excluding hydrogens is 418 g/mol. The number of fused-ring (bicyclic) bond motifs is 1. The number of hydrazone groups is 1. The third-order valence-corrected chi connectivity index (χ3v) is 5.80. The lowest BCUT2D eigenvalue weighted by atomic mass is 9.77. The predicted octanol–water partition coefficient (Wildman–Crippen LogP) is 4.34. The van der Waals surface area contributed by atoms with Crippen molar-refractivity contribution in [2.24, 2.45) is 16.8 Å². The number of hydrogen-bond donors (Lipinski definition) is 1. The van der Waals surface area contributed by atoms with Gasteiger partial charge in [-0.3, -0.25) is 20.2 Å². The molecular formula is C21H19N5O4S. The number of thiocarbonyl (C=S) groups is 1. The van der Waals surface area contributed by atoms with Crippen molar-refractivity contribution in [3.8, 4) is 0 Å². The lowest BCUT2D eigenvalue weighted by Crippen LogP contribution is -2.34. The van der Waals surface area contributed by atoms with E-state index in [0.29, 0.717) is 0 Å². The first-order valence-electron chi connectivity index (χ1n) is 9.72. The van der Waals surface area contributed by atoms with Gasteiger partial charge in [-0.25, -0.2) is 5.01 Å². The fraction of sp³-hybridized carbons (Fsp3) is 0.238. The Morgan fingerprint density at radius 1 is 1.06 bits per heavy atom. The summed E-state index contributed by atoms with van der Waals surface area (Å²) in [5.74, 6) is 0.0426. The highest BCUT2D eigenvalue weighted by Gasteiger charge is 2.42. The van der Waals surface area contributed by atoms with Crippen LogP contribution in [-0.2, 0) is 0 Å². The zero-order chi connectivity index (χ0) is 22.1.